The normalized spacial score (nSPS) is 11.7. The summed E-state index contributed by atoms with van der Waals surface area (Å²) in [4.78, 5) is 0. The van der Waals surface area contributed by atoms with Gasteiger partial charge in [0.05, 0.1) is 6.54 Å². The lowest BCUT2D eigenvalue weighted by Crippen LogP contribution is -2.39. The summed E-state index contributed by atoms with van der Waals surface area (Å²) in [6.45, 7) is 3.32. The Morgan fingerprint density at radius 1 is 0.373 bits per heavy atom. The van der Waals surface area contributed by atoms with E-state index >= 15 is 0 Å². The van der Waals surface area contributed by atoms with E-state index in [1.54, 1.807) is 48.5 Å². The molecule has 0 saturated carbocycles. The summed E-state index contributed by atoms with van der Waals surface area (Å²) >= 11 is 0. The van der Waals surface area contributed by atoms with Crippen LogP contribution in [0.3, 0.4) is 0 Å². The second-order valence-corrected chi connectivity index (χ2v) is 14.8. The summed E-state index contributed by atoms with van der Waals surface area (Å²) < 4.78 is 0.774. The highest BCUT2D eigenvalue weighted by Crippen LogP contribution is 2.44. The molecule has 0 bridgehead atoms. The number of phenols is 3. The van der Waals surface area contributed by atoms with E-state index in [0.29, 0.717) is 0 Å². The molecule has 5 heteroatoms. The largest absolute Gasteiger partial charge is 0.872 e. The molecule has 8 rings (SSSR count). The van der Waals surface area contributed by atoms with E-state index in [0.717, 1.165) is 44.4 Å². The fourth-order valence-electron chi connectivity index (χ4n) is 7.97. The van der Waals surface area contributed by atoms with Crippen LogP contribution in [0.25, 0.3) is 0 Å². The maximum atomic E-state index is 11.7. The number of rotatable bonds is 12. The van der Waals surface area contributed by atoms with E-state index in [-0.39, 0.29) is 34.8 Å². The van der Waals surface area contributed by atoms with Gasteiger partial charge in [-0.2, -0.15) is 0 Å². The van der Waals surface area contributed by atoms with Gasteiger partial charge in [0.2, 0.25) is 0 Å². The van der Waals surface area contributed by atoms with Gasteiger partial charge in [0.15, 0.2) is 0 Å². The fraction of sp³-hybridized carbons (Fsp3) is 0.111. The zero-order valence-electron chi connectivity index (χ0n) is 33.2. The average molecular weight is 776 g/mol. The predicted molar refractivity (Wildman–Crippen MR) is 239 cm³/mol. The summed E-state index contributed by atoms with van der Waals surface area (Å²) in [7, 11) is 0. The van der Waals surface area contributed by atoms with Gasteiger partial charge in [-0.3, -0.25) is 0 Å². The molecule has 59 heavy (non-hydrogen) atoms. The van der Waals surface area contributed by atoms with Crippen LogP contribution in [0.4, 0.5) is 17.1 Å². The van der Waals surface area contributed by atoms with Crippen LogP contribution in [0.5, 0.6) is 23.0 Å². The van der Waals surface area contributed by atoms with Crippen molar-refractivity contribution in [1.29, 1.82) is 0 Å². The van der Waals surface area contributed by atoms with Crippen LogP contribution in [0.15, 0.2) is 212 Å². The average Bonchev–Trinajstić information content (AvgIpc) is 3.28. The van der Waals surface area contributed by atoms with Crippen molar-refractivity contribution in [3.63, 3.8) is 0 Å². The van der Waals surface area contributed by atoms with Crippen LogP contribution in [0.1, 0.15) is 65.0 Å². The summed E-state index contributed by atoms with van der Waals surface area (Å²) in [5.74, 6) is 0.379. The van der Waals surface area contributed by atoms with Gasteiger partial charge >= 0.3 is 0 Å². The number of quaternary nitrogens is 1. The molecule has 5 nitrogen and oxygen atoms in total. The minimum absolute atomic E-state index is 0.0378. The molecule has 0 radical (unpaired) electrons. The van der Waals surface area contributed by atoms with E-state index < -0.39 is 0 Å². The maximum absolute atomic E-state index is 11.7. The minimum Gasteiger partial charge on any atom is -0.872 e. The Labute approximate surface area is 347 Å². The number of aromatic hydroxyl groups is 3. The summed E-state index contributed by atoms with van der Waals surface area (Å²) in [5.41, 5.74) is 10.1. The Hall–Kier alpha value is -7.08. The van der Waals surface area contributed by atoms with E-state index in [1.807, 2.05) is 48.5 Å². The third-order valence-electron chi connectivity index (χ3n) is 10.9. The van der Waals surface area contributed by atoms with E-state index in [4.69, 9.17) is 0 Å². The molecule has 8 aromatic carbocycles. The van der Waals surface area contributed by atoms with E-state index in [2.05, 4.69) is 122 Å². The second-order valence-electron chi connectivity index (χ2n) is 14.8. The maximum Gasteiger partial charge on any atom is 0.143 e. The summed E-state index contributed by atoms with van der Waals surface area (Å²) in [6, 6.07) is 69.3. The van der Waals surface area contributed by atoms with Gasteiger partial charge in [-0.1, -0.05) is 153 Å². The van der Waals surface area contributed by atoms with Crippen molar-refractivity contribution in [1.82, 2.24) is 4.48 Å². The Morgan fingerprint density at radius 2 is 0.627 bits per heavy atom. The molecule has 0 spiro atoms. The zero-order chi connectivity index (χ0) is 41.0. The van der Waals surface area contributed by atoms with Crippen molar-refractivity contribution < 1.29 is 20.4 Å². The molecule has 0 heterocycles. The van der Waals surface area contributed by atoms with Crippen molar-refractivity contribution in [3.05, 3.63) is 246 Å². The van der Waals surface area contributed by atoms with Crippen LogP contribution in [-0.4, -0.2) is 21.9 Å². The number of hydrogen-bond acceptors (Lipinski definition) is 4. The molecule has 0 saturated heterocycles. The second kappa shape index (κ2) is 18.9. The highest BCUT2D eigenvalue weighted by molar-refractivity contribution is 5.70. The summed E-state index contributed by atoms with van der Waals surface area (Å²) in [6.07, 6.45) is 2.37. The van der Waals surface area contributed by atoms with E-state index in [9.17, 15) is 20.4 Å². The van der Waals surface area contributed by atoms with Crippen molar-refractivity contribution in [2.75, 3.05) is 6.54 Å². The standard InChI is InChI=1S/C32H26O4.C22H24N/c33-27-13-5-23(6-14-27)31(24-7-15-28(34)16-8-24)21-1-2-22(4-3-21)32(25-9-17-29(35)18-10-25)26-11-19-30(36)20-12-26;1-2-3-19-23(20-13-7-4-8-14-20,21-15-9-5-10-16-21)22-17-11-6-12-18-22/h1-20,31-36H;4-18H,2-3,19H2,1H3/q;+1/p-1. The number of nitrogens with zero attached hydrogens (tertiary/aromatic N) is 1. The van der Waals surface area contributed by atoms with Crippen LogP contribution in [0.2, 0.25) is 0 Å². The molecule has 0 fully saturated rings. The van der Waals surface area contributed by atoms with Crippen molar-refractivity contribution in [2.24, 2.45) is 0 Å². The molecule has 0 aromatic heterocycles. The first-order chi connectivity index (χ1) is 28.9. The Kier molecular flexibility index (Phi) is 12.9. The SMILES string of the molecule is CCCC[N+](c1ccccc1)(c1ccccc1)c1ccccc1.[O-]c1ccc(C(c2ccc(O)cc2)c2ccc(C(c3ccc(O)cc3)c3ccc(O)cc3)cc2)cc1. The summed E-state index contributed by atoms with van der Waals surface area (Å²) in [5, 5.41) is 41.1. The molecule has 3 N–H and O–H groups in total. The van der Waals surface area contributed by atoms with Gasteiger partial charge in [-0.25, -0.2) is 4.48 Å². The van der Waals surface area contributed by atoms with Gasteiger partial charge in [0.1, 0.15) is 34.3 Å². The molecular weight excluding hydrogens is 727 g/mol. The topological polar surface area (TPSA) is 83.8 Å². The fourth-order valence-corrected chi connectivity index (χ4v) is 7.97. The monoisotopic (exact) mass is 775 g/mol. The number of phenolic OH excluding ortho intramolecular Hbond substituents is 3. The minimum atomic E-state index is -0.110. The van der Waals surface area contributed by atoms with Crippen LogP contribution >= 0.6 is 0 Å². The molecular formula is C54H49NO4. The number of benzene rings is 8. The van der Waals surface area contributed by atoms with Gasteiger partial charge in [0, 0.05) is 11.8 Å². The number of hydrogen-bond donors (Lipinski definition) is 3. The van der Waals surface area contributed by atoms with Crippen LogP contribution in [0, 0.1) is 0 Å². The van der Waals surface area contributed by atoms with Crippen molar-refractivity contribution in [2.45, 2.75) is 31.6 Å². The van der Waals surface area contributed by atoms with Crippen LogP contribution < -0.4 is 9.59 Å². The van der Waals surface area contributed by atoms with Gasteiger partial charge in [-0.05, 0) is 113 Å². The molecule has 0 aliphatic heterocycles. The third-order valence-corrected chi connectivity index (χ3v) is 10.9. The molecule has 1 unspecified atom stereocenters. The Bertz CT molecular complexity index is 2170. The molecule has 1 atom stereocenters. The molecule has 294 valence electrons. The van der Waals surface area contributed by atoms with Gasteiger partial charge in [0.25, 0.3) is 0 Å². The first kappa shape index (κ1) is 40.1. The highest BCUT2D eigenvalue weighted by atomic mass is 16.3. The van der Waals surface area contributed by atoms with Crippen LogP contribution in [-0.2, 0) is 0 Å². The number of unbranched alkanes of at least 4 members (excludes halogenated alkanes) is 1. The lowest BCUT2D eigenvalue weighted by Gasteiger charge is -2.37. The highest BCUT2D eigenvalue weighted by Gasteiger charge is 2.35. The third kappa shape index (κ3) is 9.39. The zero-order valence-corrected chi connectivity index (χ0v) is 33.2. The smallest absolute Gasteiger partial charge is 0.143 e. The first-order valence-corrected chi connectivity index (χ1v) is 20.1. The predicted octanol–water partition coefficient (Wildman–Crippen LogP) is 12.7. The quantitative estimate of drug-likeness (QED) is 0.0852. The lowest BCUT2D eigenvalue weighted by molar-refractivity contribution is -0.268. The van der Waals surface area contributed by atoms with Gasteiger partial charge in [-0.15, -0.1) is 5.75 Å². The van der Waals surface area contributed by atoms with E-state index in [1.165, 1.54) is 29.9 Å². The lowest BCUT2D eigenvalue weighted by atomic mass is 9.81. The number of para-hydroxylation sites is 3. The molecule has 0 aliphatic carbocycles. The Morgan fingerprint density at radius 3 is 0.898 bits per heavy atom. The van der Waals surface area contributed by atoms with Gasteiger partial charge < -0.3 is 20.4 Å². The first-order valence-electron chi connectivity index (χ1n) is 20.1. The molecule has 0 aliphatic rings. The molecule has 0 amide bonds. The van der Waals surface area contributed by atoms with Crippen molar-refractivity contribution in [3.8, 4) is 23.0 Å². The van der Waals surface area contributed by atoms with Crippen molar-refractivity contribution >= 4 is 17.1 Å². The molecule has 8 aromatic rings. The Balaban J connectivity index is 0.000000198.